The van der Waals surface area contributed by atoms with E-state index in [4.69, 9.17) is 37.4 Å². The van der Waals surface area contributed by atoms with Gasteiger partial charge in [0.05, 0.1) is 61.6 Å². The summed E-state index contributed by atoms with van der Waals surface area (Å²) in [6.45, 7) is 2.03. The van der Waals surface area contributed by atoms with Crippen molar-refractivity contribution in [2.45, 2.75) is 44.5 Å². The molecule has 42 heavy (non-hydrogen) atoms. The molecule has 1 saturated carbocycles. The lowest BCUT2D eigenvalue weighted by Gasteiger charge is -2.37. The lowest BCUT2D eigenvalue weighted by Crippen LogP contribution is -2.61. The van der Waals surface area contributed by atoms with E-state index in [1.165, 1.54) is 17.3 Å². The zero-order valence-electron chi connectivity index (χ0n) is 23.3. The molecule has 10 nitrogen and oxygen atoms in total. The quantitative estimate of drug-likeness (QED) is 0.285. The van der Waals surface area contributed by atoms with E-state index in [-0.39, 0.29) is 30.4 Å². The fourth-order valence-electron chi connectivity index (χ4n) is 4.84. The first-order valence-electron chi connectivity index (χ1n) is 13.9. The second-order valence-corrected chi connectivity index (χ2v) is 10.9. The average Bonchev–Trinajstić information content (AvgIpc) is 3.85. The van der Waals surface area contributed by atoms with Gasteiger partial charge in [0.25, 0.3) is 0 Å². The van der Waals surface area contributed by atoms with Gasteiger partial charge in [-0.3, -0.25) is 14.5 Å². The number of carbonyl (C=O) groups is 2. The Kier molecular flexibility index (Phi) is 10.1. The van der Waals surface area contributed by atoms with Gasteiger partial charge in [0.2, 0.25) is 11.8 Å². The first-order chi connectivity index (χ1) is 20.5. The van der Waals surface area contributed by atoms with Crippen LogP contribution in [0.25, 0.3) is 0 Å². The third-order valence-corrected chi connectivity index (χ3v) is 7.99. The van der Waals surface area contributed by atoms with Crippen LogP contribution in [0.15, 0.2) is 54.9 Å². The van der Waals surface area contributed by atoms with Crippen LogP contribution < -0.4 is 19.7 Å². The van der Waals surface area contributed by atoms with Gasteiger partial charge in [-0.15, -0.1) is 0 Å². The van der Waals surface area contributed by atoms with Gasteiger partial charge >= 0.3 is 6.01 Å². The number of anilines is 1. The number of para-hydroxylation sites is 1. The Labute approximate surface area is 254 Å². The molecule has 222 valence electrons. The molecule has 2 fully saturated rings. The first kappa shape index (κ1) is 30.0. The number of amides is 2. The van der Waals surface area contributed by atoms with Crippen molar-refractivity contribution < 1.29 is 23.8 Å². The molecule has 0 radical (unpaired) electrons. The molecular weight excluding hydrogens is 581 g/mol. The predicted molar refractivity (Wildman–Crippen MR) is 159 cm³/mol. The lowest BCUT2D eigenvalue weighted by molar-refractivity contribution is -0.136. The monoisotopic (exact) mass is 613 g/mol. The molecule has 2 amide bonds. The van der Waals surface area contributed by atoms with Gasteiger partial charge in [-0.05, 0) is 30.5 Å². The summed E-state index contributed by atoms with van der Waals surface area (Å²) in [5.41, 5.74) is 2.18. The molecule has 2 heterocycles. The summed E-state index contributed by atoms with van der Waals surface area (Å²) in [5, 5.41) is 3.93. The van der Waals surface area contributed by atoms with Crippen LogP contribution in [0, 0.1) is 0 Å². The predicted octanol–water partition coefficient (Wildman–Crippen LogP) is 4.27. The fourth-order valence-corrected chi connectivity index (χ4v) is 5.22. The van der Waals surface area contributed by atoms with Gasteiger partial charge in [-0.25, -0.2) is 9.97 Å². The summed E-state index contributed by atoms with van der Waals surface area (Å²) >= 11 is 12.6. The minimum atomic E-state index is -0.749. The molecule has 1 atom stereocenters. The van der Waals surface area contributed by atoms with Crippen molar-refractivity contribution >= 4 is 40.7 Å². The molecular formula is C30H33Cl2N5O5. The molecule has 12 heteroatoms. The highest BCUT2D eigenvalue weighted by Gasteiger charge is 2.41. The minimum Gasteiger partial charge on any atom is -0.496 e. The van der Waals surface area contributed by atoms with E-state index in [9.17, 15) is 9.59 Å². The molecule has 3 aromatic rings. The molecule has 1 aliphatic carbocycles. The van der Waals surface area contributed by atoms with E-state index in [0.29, 0.717) is 55.1 Å². The highest BCUT2D eigenvalue weighted by molar-refractivity contribution is 6.42. The van der Waals surface area contributed by atoms with Crippen molar-refractivity contribution in [1.29, 1.82) is 0 Å². The summed E-state index contributed by atoms with van der Waals surface area (Å²) in [6.07, 6.45) is 5.47. The normalized spacial score (nSPS) is 16.8. The van der Waals surface area contributed by atoms with Crippen molar-refractivity contribution in [3.63, 3.8) is 0 Å². The number of hydrogen-bond donors (Lipinski definition) is 1. The number of rotatable bonds is 13. The van der Waals surface area contributed by atoms with Crippen LogP contribution in [0.5, 0.6) is 11.8 Å². The third kappa shape index (κ3) is 7.30. The average molecular weight is 615 g/mol. The summed E-state index contributed by atoms with van der Waals surface area (Å²) < 4.78 is 16.7. The van der Waals surface area contributed by atoms with Crippen LogP contribution >= 0.6 is 23.2 Å². The largest absolute Gasteiger partial charge is 0.496 e. The van der Waals surface area contributed by atoms with Gasteiger partial charge in [0, 0.05) is 31.1 Å². The van der Waals surface area contributed by atoms with Crippen molar-refractivity contribution in [1.82, 2.24) is 20.2 Å². The van der Waals surface area contributed by atoms with Crippen LogP contribution in [0.1, 0.15) is 30.4 Å². The van der Waals surface area contributed by atoms with Crippen molar-refractivity contribution in [3.8, 4) is 11.8 Å². The number of halogens is 2. The van der Waals surface area contributed by atoms with E-state index in [1.807, 2.05) is 36.4 Å². The van der Waals surface area contributed by atoms with E-state index >= 15 is 0 Å². The Morgan fingerprint density at radius 2 is 1.83 bits per heavy atom. The van der Waals surface area contributed by atoms with Gasteiger partial charge in [-0.1, -0.05) is 53.5 Å². The maximum atomic E-state index is 13.9. The zero-order valence-corrected chi connectivity index (χ0v) is 24.8. The Morgan fingerprint density at radius 3 is 2.60 bits per heavy atom. The number of hydrogen-bond acceptors (Lipinski definition) is 8. The van der Waals surface area contributed by atoms with Crippen molar-refractivity contribution in [3.05, 3.63) is 76.0 Å². The second-order valence-electron chi connectivity index (χ2n) is 10.1. The maximum Gasteiger partial charge on any atom is 0.316 e. The van der Waals surface area contributed by atoms with Crippen LogP contribution in [-0.2, 0) is 27.5 Å². The lowest BCUT2D eigenvalue weighted by atomic mass is 10.1. The van der Waals surface area contributed by atoms with Gasteiger partial charge in [0.15, 0.2) is 0 Å². The number of carbonyl (C=O) groups excluding carboxylic acids is 2. The third-order valence-electron chi connectivity index (χ3n) is 7.13. The van der Waals surface area contributed by atoms with Crippen LogP contribution in [-0.4, -0.2) is 72.2 Å². The standard InChI is InChI=1S/C30H33Cl2N5O5/c1-40-26-9-3-2-6-21(26)19-41-12-5-13-42-30-34-14-23(15-35-30)37-25(16-33-17-27(37)38)29(39)36(22-10-11-22)18-20-7-4-8-24(31)28(20)32/h2-4,6-9,14-15,22,25,33H,5,10-13,16-19H2,1H3/t25-/m1/s1. The van der Waals surface area contributed by atoms with E-state index in [1.54, 1.807) is 18.1 Å². The van der Waals surface area contributed by atoms with Crippen LogP contribution in [0.2, 0.25) is 10.0 Å². The topological polar surface area (TPSA) is 106 Å². The molecule has 0 spiro atoms. The Morgan fingerprint density at radius 1 is 1.07 bits per heavy atom. The molecule has 0 unspecified atom stereocenters. The Bertz CT molecular complexity index is 1390. The number of nitrogens with one attached hydrogen (secondary N) is 1. The van der Waals surface area contributed by atoms with Crippen LogP contribution in [0.4, 0.5) is 5.69 Å². The second kappa shape index (κ2) is 14.2. The SMILES string of the molecule is COc1ccccc1COCCCOc1ncc(N2C(=O)CNC[C@@H]2C(=O)N(Cc2cccc(Cl)c2Cl)C2CC2)cn1. The number of nitrogens with zero attached hydrogens (tertiary/aromatic N) is 4. The number of aromatic nitrogens is 2. The van der Waals surface area contributed by atoms with Crippen molar-refractivity contribution in [2.24, 2.45) is 0 Å². The summed E-state index contributed by atoms with van der Waals surface area (Å²) in [4.78, 5) is 38.7. The van der Waals surface area contributed by atoms with Crippen molar-refractivity contribution in [2.75, 3.05) is 38.3 Å². The highest BCUT2D eigenvalue weighted by Crippen LogP contribution is 2.33. The molecule has 1 saturated heterocycles. The molecule has 2 aromatic carbocycles. The van der Waals surface area contributed by atoms with E-state index < -0.39 is 6.04 Å². The van der Waals surface area contributed by atoms with E-state index in [2.05, 4.69) is 15.3 Å². The molecule has 2 aliphatic rings. The van der Waals surface area contributed by atoms with E-state index in [0.717, 1.165) is 29.7 Å². The fraction of sp³-hybridized carbons (Fsp3) is 0.400. The molecule has 5 rings (SSSR count). The zero-order chi connectivity index (χ0) is 29.5. The van der Waals surface area contributed by atoms with Gasteiger partial charge in [-0.2, -0.15) is 0 Å². The highest BCUT2D eigenvalue weighted by atomic mass is 35.5. The Balaban J connectivity index is 1.17. The molecule has 1 aromatic heterocycles. The van der Waals surface area contributed by atoms with Crippen LogP contribution in [0.3, 0.4) is 0 Å². The maximum absolute atomic E-state index is 13.9. The minimum absolute atomic E-state index is 0.0946. The first-order valence-corrected chi connectivity index (χ1v) is 14.6. The number of methoxy groups -OCH3 is 1. The Hall–Kier alpha value is -3.44. The number of ether oxygens (including phenoxy) is 3. The summed E-state index contributed by atoms with van der Waals surface area (Å²) in [5.74, 6) is 0.392. The summed E-state index contributed by atoms with van der Waals surface area (Å²) in [7, 11) is 1.63. The molecule has 0 bridgehead atoms. The molecule has 1 aliphatic heterocycles. The van der Waals surface area contributed by atoms with Gasteiger partial charge in [0.1, 0.15) is 11.8 Å². The molecule has 1 N–H and O–H groups in total. The smallest absolute Gasteiger partial charge is 0.316 e. The van der Waals surface area contributed by atoms with Gasteiger partial charge < -0.3 is 24.4 Å². The number of benzene rings is 2. The number of piperazine rings is 1. The summed E-state index contributed by atoms with van der Waals surface area (Å²) in [6, 6.07) is 12.6.